The van der Waals surface area contributed by atoms with Crippen molar-refractivity contribution in [1.82, 2.24) is 14.6 Å². The molecule has 1 atom stereocenters. The highest BCUT2D eigenvalue weighted by atomic mass is 32.2. The fourth-order valence-electron chi connectivity index (χ4n) is 1.93. The summed E-state index contributed by atoms with van der Waals surface area (Å²) in [7, 11) is -4.06. The summed E-state index contributed by atoms with van der Waals surface area (Å²) in [5.41, 5.74) is -1.18. The SMILES string of the molecule is CC1C(=O)NCCN1S(=O)(=O)c1ccc(C(F)(F)F)nc1. The van der Waals surface area contributed by atoms with Crippen LogP contribution < -0.4 is 5.32 Å². The Hall–Kier alpha value is -1.68. The van der Waals surface area contributed by atoms with Gasteiger partial charge in [-0.15, -0.1) is 0 Å². The predicted molar refractivity (Wildman–Crippen MR) is 65.6 cm³/mol. The number of halogens is 3. The van der Waals surface area contributed by atoms with Crippen molar-refractivity contribution in [2.45, 2.75) is 24.0 Å². The molecule has 0 radical (unpaired) electrons. The van der Waals surface area contributed by atoms with Gasteiger partial charge in [-0.3, -0.25) is 9.78 Å². The van der Waals surface area contributed by atoms with Gasteiger partial charge < -0.3 is 5.32 Å². The van der Waals surface area contributed by atoms with Crippen LogP contribution in [0.15, 0.2) is 23.2 Å². The maximum absolute atomic E-state index is 12.4. The smallest absolute Gasteiger partial charge is 0.353 e. The predicted octanol–water partition coefficient (Wildman–Crippen LogP) is 0.609. The van der Waals surface area contributed by atoms with Gasteiger partial charge in [0.05, 0.1) is 0 Å². The topological polar surface area (TPSA) is 79.4 Å². The molecule has 1 saturated heterocycles. The van der Waals surface area contributed by atoms with Gasteiger partial charge in [-0.25, -0.2) is 8.42 Å². The fourth-order valence-corrected chi connectivity index (χ4v) is 3.47. The third-order valence-corrected chi connectivity index (χ3v) is 5.03. The molecule has 0 bridgehead atoms. The molecule has 1 fully saturated rings. The molecule has 1 N–H and O–H groups in total. The minimum atomic E-state index is -4.64. The lowest BCUT2D eigenvalue weighted by molar-refractivity contribution is -0.141. The van der Waals surface area contributed by atoms with Crippen LogP contribution >= 0.6 is 0 Å². The van der Waals surface area contributed by atoms with E-state index in [0.717, 1.165) is 10.4 Å². The van der Waals surface area contributed by atoms with Crippen LogP contribution in [0.5, 0.6) is 0 Å². The molecule has 0 spiro atoms. The van der Waals surface area contributed by atoms with Crippen LogP contribution in [0, 0.1) is 0 Å². The zero-order valence-corrected chi connectivity index (χ0v) is 11.7. The van der Waals surface area contributed by atoms with Crippen LogP contribution in [0.3, 0.4) is 0 Å². The molecule has 116 valence electrons. The van der Waals surface area contributed by atoms with Crippen molar-refractivity contribution in [3.63, 3.8) is 0 Å². The maximum atomic E-state index is 12.4. The lowest BCUT2D eigenvalue weighted by Gasteiger charge is -2.31. The quantitative estimate of drug-likeness (QED) is 0.865. The molecule has 6 nitrogen and oxygen atoms in total. The minimum Gasteiger partial charge on any atom is -0.353 e. The third-order valence-electron chi connectivity index (χ3n) is 3.08. The third kappa shape index (κ3) is 3.00. The van der Waals surface area contributed by atoms with E-state index in [2.05, 4.69) is 10.3 Å². The Kier molecular flexibility index (Phi) is 3.93. The van der Waals surface area contributed by atoms with E-state index >= 15 is 0 Å². The van der Waals surface area contributed by atoms with E-state index in [1.807, 2.05) is 0 Å². The molecule has 2 heterocycles. The van der Waals surface area contributed by atoms with E-state index in [-0.39, 0.29) is 18.0 Å². The Balaban J connectivity index is 2.33. The van der Waals surface area contributed by atoms with E-state index in [1.54, 1.807) is 0 Å². The molecular formula is C11H12F3N3O3S. The number of nitrogens with zero attached hydrogens (tertiary/aromatic N) is 2. The minimum absolute atomic E-state index is 0.0518. The molecule has 1 unspecified atom stereocenters. The van der Waals surface area contributed by atoms with Crippen LogP contribution in [-0.4, -0.2) is 42.7 Å². The monoisotopic (exact) mass is 323 g/mol. The van der Waals surface area contributed by atoms with Gasteiger partial charge in [0.25, 0.3) is 0 Å². The highest BCUT2D eigenvalue weighted by Gasteiger charge is 2.37. The Morgan fingerprint density at radius 2 is 2.05 bits per heavy atom. The molecule has 1 aromatic rings. The first-order chi connectivity index (χ1) is 9.64. The number of hydrogen-bond acceptors (Lipinski definition) is 4. The fraction of sp³-hybridized carbons (Fsp3) is 0.455. The lowest BCUT2D eigenvalue weighted by atomic mass is 10.2. The molecule has 1 aliphatic rings. The van der Waals surface area contributed by atoms with Gasteiger partial charge in [-0.05, 0) is 19.1 Å². The zero-order valence-electron chi connectivity index (χ0n) is 10.9. The number of carbonyl (C=O) groups is 1. The average Bonchev–Trinajstić information content (AvgIpc) is 2.41. The van der Waals surface area contributed by atoms with Crippen molar-refractivity contribution in [2.24, 2.45) is 0 Å². The summed E-state index contributed by atoms with van der Waals surface area (Å²) in [4.78, 5) is 14.2. The zero-order chi connectivity index (χ0) is 15.8. The van der Waals surface area contributed by atoms with Gasteiger partial charge in [0.2, 0.25) is 15.9 Å². The van der Waals surface area contributed by atoms with Gasteiger partial charge >= 0.3 is 6.18 Å². The highest BCUT2D eigenvalue weighted by Crippen LogP contribution is 2.28. The summed E-state index contributed by atoms with van der Waals surface area (Å²) in [5.74, 6) is -0.454. The Bertz CT molecular complexity index is 643. The maximum Gasteiger partial charge on any atom is 0.433 e. The number of pyridine rings is 1. The normalized spacial score (nSPS) is 21.1. The van der Waals surface area contributed by atoms with Crippen LogP contribution in [-0.2, 0) is 21.0 Å². The second-order valence-electron chi connectivity index (χ2n) is 4.46. The largest absolute Gasteiger partial charge is 0.433 e. The Labute approximate surface area is 119 Å². The van der Waals surface area contributed by atoms with Gasteiger partial charge in [-0.2, -0.15) is 17.5 Å². The van der Waals surface area contributed by atoms with Crippen LogP contribution in [0.4, 0.5) is 13.2 Å². The van der Waals surface area contributed by atoms with Crippen molar-refractivity contribution in [1.29, 1.82) is 0 Å². The molecule has 10 heteroatoms. The van der Waals surface area contributed by atoms with Crippen molar-refractivity contribution < 1.29 is 26.4 Å². The first-order valence-corrected chi connectivity index (χ1v) is 7.41. The summed E-state index contributed by atoms with van der Waals surface area (Å²) >= 11 is 0. The first-order valence-electron chi connectivity index (χ1n) is 5.97. The molecule has 2 rings (SSSR count). The second kappa shape index (κ2) is 5.26. The van der Waals surface area contributed by atoms with Gasteiger partial charge in [0.1, 0.15) is 16.6 Å². The Morgan fingerprint density at radius 3 is 2.57 bits per heavy atom. The summed E-state index contributed by atoms with van der Waals surface area (Å²) < 4.78 is 62.8. The molecule has 0 aliphatic carbocycles. The van der Waals surface area contributed by atoms with E-state index in [1.165, 1.54) is 6.92 Å². The van der Waals surface area contributed by atoms with Crippen molar-refractivity contribution in [3.05, 3.63) is 24.0 Å². The van der Waals surface area contributed by atoms with Gasteiger partial charge in [0, 0.05) is 19.3 Å². The average molecular weight is 323 g/mol. The van der Waals surface area contributed by atoms with E-state index in [9.17, 15) is 26.4 Å². The first kappa shape index (κ1) is 15.7. The number of amides is 1. The Morgan fingerprint density at radius 1 is 1.38 bits per heavy atom. The number of hydrogen-bond donors (Lipinski definition) is 1. The second-order valence-corrected chi connectivity index (χ2v) is 6.35. The summed E-state index contributed by atoms with van der Waals surface area (Å²) in [5, 5.41) is 2.50. The standard InChI is InChI=1S/C11H12F3N3O3S/c1-7-10(18)15-4-5-17(7)21(19,20)8-2-3-9(16-6-8)11(12,13)14/h2-3,6-7H,4-5H2,1H3,(H,15,18). The molecule has 0 saturated carbocycles. The van der Waals surface area contributed by atoms with Crippen LogP contribution in [0.25, 0.3) is 0 Å². The molecule has 1 aromatic heterocycles. The number of alkyl halides is 3. The van der Waals surface area contributed by atoms with E-state index < -0.39 is 33.8 Å². The highest BCUT2D eigenvalue weighted by molar-refractivity contribution is 7.89. The summed E-state index contributed by atoms with van der Waals surface area (Å²) in [6, 6.07) is 0.512. The number of aromatic nitrogens is 1. The number of sulfonamides is 1. The van der Waals surface area contributed by atoms with Crippen molar-refractivity contribution in [3.8, 4) is 0 Å². The van der Waals surface area contributed by atoms with E-state index in [0.29, 0.717) is 12.3 Å². The van der Waals surface area contributed by atoms with Gasteiger partial charge in [-0.1, -0.05) is 0 Å². The molecule has 0 aromatic carbocycles. The number of carbonyl (C=O) groups excluding carboxylic acids is 1. The number of rotatable bonds is 2. The number of nitrogens with one attached hydrogen (secondary N) is 1. The van der Waals surface area contributed by atoms with Crippen molar-refractivity contribution >= 4 is 15.9 Å². The molecular weight excluding hydrogens is 311 g/mol. The van der Waals surface area contributed by atoms with Crippen LogP contribution in [0.2, 0.25) is 0 Å². The van der Waals surface area contributed by atoms with E-state index in [4.69, 9.17) is 0 Å². The summed E-state index contributed by atoms with van der Waals surface area (Å²) in [6.07, 6.45) is -3.99. The van der Waals surface area contributed by atoms with Crippen LogP contribution in [0.1, 0.15) is 12.6 Å². The van der Waals surface area contributed by atoms with Gasteiger partial charge in [0.15, 0.2) is 0 Å². The lowest BCUT2D eigenvalue weighted by Crippen LogP contribution is -2.55. The molecule has 1 aliphatic heterocycles. The number of piperazine rings is 1. The molecule has 1 amide bonds. The van der Waals surface area contributed by atoms with Crippen molar-refractivity contribution in [2.75, 3.05) is 13.1 Å². The summed E-state index contributed by atoms with van der Waals surface area (Å²) in [6.45, 7) is 1.61. The molecule has 21 heavy (non-hydrogen) atoms.